The van der Waals surface area contributed by atoms with Crippen molar-refractivity contribution in [3.63, 3.8) is 0 Å². The molecule has 0 bridgehead atoms. The first kappa shape index (κ1) is 15.6. The molecule has 1 rings (SSSR count). The topological polar surface area (TPSA) is 55.4 Å². The van der Waals surface area contributed by atoms with E-state index < -0.39 is 26.8 Å². The number of hydrogen-bond donors (Lipinski definition) is 1. The van der Waals surface area contributed by atoms with Crippen molar-refractivity contribution in [1.82, 2.24) is 0 Å². The molecule has 18 heavy (non-hydrogen) atoms. The maximum Gasteiger partial charge on any atom is 0.573 e. The molecule has 0 aliphatic carbocycles. The highest BCUT2D eigenvalue weighted by Crippen LogP contribution is 2.33. The van der Waals surface area contributed by atoms with Gasteiger partial charge in [0.05, 0.1) is 5.69 Å². The molecule has 0 spiro atoms. The van der Waals surface area contributed by atoms with E-state index in [0.717, 1.165) is 12.1 Å². The summed E-state index contributed by atoms with van der Waals surface area (Å²) < 4.78 is 64.5. The highest BCUT2D eigenvalue weighted by molar-refractivity contribution is 9.11. The van der Waals surface area contributed by atoms with E-state index in [1.54, 1.807) is 0 Å². The molecule has 0 aliphatic rings. The van der Waals surface area contributed by atoms with E-state index in [-0.39, 0.29) is 5.69 Å². The van der Waals surface area contributed by atoms with Gasteiger partial charge >= 0.3 is 6.36 Å². The van der Waals surface area contributed by atoms with Crippen LogP contribution in [0.4, 0.5) is 18.9 Å². The number of rotatable bonds is 4. The molecule has 4 nitrogen and oxygen atoms in total. The lowest BCUT2D eigenvalue weighted by Gasteiger charge is -2.14. The second-order valence-corrected chi connectivity index (χ2v) is 6.96. The van der Waals surface area contributed by atoms with Gasteiger partial charge in [0.2, 0.25) is 10.0 Å². The molecular weight excluding hydrogens is 407 g/mol. The summed E-state index contributed by atoms with van der Waals surface area (Å²) in [6.45, 7) is 0. The fourth-order valence-electron chi connectivity index (χ4n) is 0.984. The third-order valence-electron chi connectivity index (χ3n) is 1.58. The number of ether oxygens (including phenoxy) is 1. The number of halogens is 5. The molecule has 0 fully saturated rings. The second-order valence-electron chi connectivity index (χ2n) is 3.01. The standard InChI is InChI=1S/C8H6Br2F3NO3S/c9-4-18(15,16)14-6-2-1-5(10)3-7(6)17-8(11,12)13/h1-3,14H,4H2. The predicted octanol–water partition coefficient (Wildman–Crippen LogP) is 3.44. The van der Waals surface area contributed by atoms with Gasteiger partial charge in [0.15, 0.2) is 5.75 Å². The fourth-order valence-corrected chi connectivity index (χ4v) is 2.23. The monoisotopic (exact) mass is 411 g/mol. The van der Waals surface area contributed by atoms with E-state index in [0.29, 0.717) is 4.47 Å². The van der Waals surface area contributed by atoms with Gasteiger partial charge in [-0.2, -0.15) is 0 Å². The molecule has 0 amide bonds. The number of benzene rings is 1. The van der Waals surface area contributed by atoms with Crippen molar-refractivity contribution in [2.45, 2.75) is 6.36 Å². The summed E-state index contributed by atoms with van der Waals surface area (Å²) in [6.07, 6.45) is -4.91. The minimum Gasteiger partial charge on any atom is -0.403 e. The van der Waals surface area contributed by atoms with Crippen LogP contribution in [0.2, 0.25) is 0 Å². The van der Waals surface area contributed by atoms with Crippen molar-refractivity contribution in [3.8, 4) is 5.75 Å². The number of sulfonamides is 1. The van der Waals surface area contributed by atoms with Crippen LogP contribution in [0.1, 0.15) is 0 Å². The van der Waals surface area contributed by atoms with Crippen LogP contribution in [0.25, 0.3) is 0 Å². The average molecular weight is 413 g/mol. The van der Waals surface area contributed by atoms with Crippen molar-refractivity contribution in [3.05, 3.63) is 22.7 Å². The van der Waals surface area contributed by atoms with E-state index in [1.165, 1.54) is 6.07 Å². The predicted molar refractivity (Wildman–Crippen MR) is 67.2 cm³/mol. The Kier molecular flexibility index (Phi) is 4.90. The summed E-state index contributed by atoms with van der Waals surface area (Å²) in [4.78, 5) is 0. The Morgan fingerprint density at radius 3 is 2.44 bits per heavy atom. The van der Waals surface area contributed by atoms with Crippen molar-refractivity contribution in [2.75, 3.05) is 9.38 Å². The minimum absolute atomic E-state index is 0.296. The Morgan fingerprint density at radius 1 is 1.33 bits per heavy atom. The molecule has 0 aliphatic heterocycles. The zero-order valence-electron chi connectivity index (χ0n) is 8.46. The van der Waals surface area contributed by atoms with Crippen LogP contribution in [0, 0.1) is 0 Å². The van der Waals surface area contributed by atoms with Crippen LogP contribution < -0.4 is 9.46 Å². The zero-order chi connectivity index (χ0) is 14.0. The smallest absolute Gasteiger partial charge is 0.403 e. The second kappa shape index (κ2) is 5.66. The molecule has 102 valence electrons. The third-order valence-corrected chi connectivity index (χ3v) is 4.70. The minimum atomic E-state index is -4.91. The third kappa shape index (κ3) is 5.02. The molecule has 0 aromatic heterocycles. The molecule has 1 aromatic carbocycles. The Bertz CT molecular complexity index is 533. The maximum absolute atomic E-state index is 12.1. The molecule has 0 saturated carbocycles. The lowest BCUT2D eigenvalue weighted by atomic mass is 10.3. The first-order valence-electron chi connectivity index (χ1n) is 4.25. The summed E-state index contributed by atoms with van der Waals surface area (Å²) in [5, 5.41) is 0. The molecule has 1 aromatic rings. The van der Waals surface area contributed by atoms with Crippen LogP contribution in [0.15, 0.2) is 22.7 Å². The number of hydrogen-bond acceptors (Lipinski definition) is 3. The van der Waals surface area contributed by atoms with Gasteiger partial charge in [-0.1, -0.05) is 31.9 Å². The van der Waals surface area contributed by atoms with E-state index in [9.17, 15) is 21.6 Å². The first-order chi connectivity index (χ1) is 8.13. The SMILES string of the molecule is O=S(=O)(CBr)Nc1ccc(Br)cc1OC(F)(F)F. The van der Waals surface area contributed by atoms with Gasteiger partial charge in [0.1, 0.15) is 4.66 Å². The van der Waals surface area contributed by atoms with E-state index in [1.807, 2.05) is 4.72 Å². The van der Waals surface area contributed by atoms with Gasteiger partial charge in [-0.05, 0) is 18.2 Å². The van der Waals surface area contributed by atoms with Crippen molar-refractivity contribution in [2.24, 2.45) is 0 Å². The lowest BCUT2D eigenvalue weighted by molar-refractivity contribution is -0.274. The maximum atomic E-state index is 12.1. The Labute approximate surface area is 118 Å². The van der Waals surface area contributed by atoms with Gasteiger partial charge in [-0.25, -0.2) is 8.42 Å². The van der Waals surface area contributed by atoms with E-state index in [4.69, 9.17) is 0 Å². The molecule has 0 saturated heterocycles. The van der Waals surface area contributed by atoms with Crippen LogP contribution in [0.5, 0.6) is 5.75 Å². The summed E-state index contributed by atoms with van der Waals surface area (Å²) in [5.74, 6) is -0.638. The normalized spacial score (nSPS) is 12.3. The zero-order valence-corrected chi connectivity index (χ0v) is 12.5. The molecule has 0 radical (unpaired) electrons. The van der Waals surface area contributed by atoms with Gasteiger partial charge < -0.3 is 4.74 Å². The van der Waals surface area contributed by atoms with E-state index in [2.05, 4.69) is 36.6 Å². The number of anilines is 1. The highest BCUT2D eigenvalue weighted by Gasteiger charge is 2.32. The fraction of sp³-hybridized carbons (Fsp3) is 0.250. The van der Waals surface area contributed by atoms with Crippen molar-refractivity contribution < 1.29 is 26.3 Å². The van der Waals surface area contributed by atoms with Crippen LogP contribution >= 0.6 is 31.9 Å². The molecule has 0 atom stereocenters. The Hall–Kier alpha value is -0.480. The van der Waals surface area contributed by atoms with Crippen LogP contribution in [-0.2, 0) is 10.0 Å². The quantitative estimate of drug-likeness (QED) is 0.770. The van der Waals surface area contributed by atoms with Gasteiger partial charge in [-0.3, -0.25) is 4.72 Å². The Morgan fingerprint density at radius 2 is 1.94 bits per heavy atom. The summed E-state index contributed by atoms with van der Waals surface area (Å²) in [6, 6.07) is 3.56. The lowest BCUT2D eigenvalue weighted by Crippen LogP contribution is -2.20. The molecule has 0 heterocycles. The number of alkyl halides is 4. The first-order valence-corrected chi connectivity index (χ1v) is 7.81. The molecule has 1 N–H and O–H groups in total. The summed E-state index contributed by atoms with van der Waals surface area (Å²) in [7, 11) is -3.76. The van der Waals surface area contributed by atoms with Crippen LogP contribution in [-0.4, -0.2) is 19.4 Å². The Balaban J connectivity index is 3.12. The van der Waals surface area contributed by atoms with Crippen molar-refractivity contribution in [1.29, 1.82) is 0 Å². The number of nitrogens with one attached hydrogen (secondary N) is 1. The molecule has 0 unspecified atom stereocenters. The highest BCUT2D eigenvalue weighted by atomic mass is 79.9. The van der Waals surface area contributed by atoms with Gasteiger partial charge in [0.25, 0.3) is 0 Å². The molecule has 10 heteroatoms. The van der Waals surface area contributed by atoms with Gasteiger partial charge in [-0.15, -0.1) is 13.2 Å². The average Bonchev–Trinajstić information content (AvgIpc) is 2.20. The van der Waals surface area contributed by atoms with Gasteiger partial charge in [0, 0.05) is 4.47 Å². The van der Waals surface area contributed by atoms with Crippen molar-refractivity contribution >= 4 is 47.6 Å². The molecular formula is C8H6Br2F3NO3S. The summed E-state index contributed by atoms with van der Waals surface area (Å²) in [5.41, 5.74) is -0.296. The van der Waals surface area contributed by atoms with E-state index >= 15 is 0 Å². The largest absolute Gasteiger partial charge is 0.573 e. The summed E-state index contributed by atoms with van der Waals surface area (Å²) >= 11 is 5.67. The van der Waals surface area contributed by atoms with Crippen LogP contribution in [0.3, 0.4) is 0 Å².